The van der Waals surface area contributed by atoms with Crippen molar-refractivity contribution in [3.8, 4) is 0 Å². The second-order valence-electron chi connectivity index (χ2n) is 4.89. The molecule has 9 heteroatoms. The largest absolute Gasteiger partial charge is 0.320 e. The zero-order valence-corrected chi connectivity index (χ0v) is 15.1. The van der Waals surface area contributed by atoms with Crippen LogP contribution in [0.25, 0.3) is 0 Å². The Hall–Kier alpha value is -2.22. The maximum absolute atomic E-state index is 12.6. The molecule has 0 fully saturated rings. The maximum atomic E-state index is 12.6. The van der Waals surface area contributed by atoms with Crippen molar-refractivity contribution in [1.29, 1.82) is 0 Å². The summed E-state index contributed by atoms with van der Waals surface area (Å²) >= 11 is 13.1. The van der Waals surface area contributed by atoms with Crippen LogP contribution in [0.2, 0.25) is 10.2 Å². The van der Waals surface area contributed by atoms with Crippen LogP contribution in [-0.4, -0.2) is 20.9 Å². The van der Waals surface area contributed by atoms with Crippen molar-refractivity contribution >= 4 is 57.1 Å². The van der Waals surface area contributed by atoms with Crippen LogP contribution in [-0.2, 0) is 0 Å². The smallest absolute Gasteiger partial charge is 0.267 e. The van der Waals surface area contributed by atoms with E-state index in [-0.39, 0.29) is 26.3 Å². The van der Waals surface area contributed by atoms with Gasteiger partial charge >= 0.3 is 0 Å². The number of aromatic nitrogens is 3. The van der Waals surface area contributed by atoms with E-state index in [1.165, 1.54) is 30.5 Å². The highest BCUT2D eigenvalue weighted by Crippen LogP contribution is 2.28. The Morgan fingerprint density at radius 2 is 2.16 bits per heavy atom. The minimum absolute atomic E-state index is 0.0395. The number of nitrogens with one attached hydrogen (secondary N) is 2. The molecule has 0 saturated heterocycles. The second kappa shape index (κ2) is 7.35. The first-order valence-corrected chi connectivity index (χ1v) is 8.55. The molecule has 1 amide bonds. The third-order valence-corrected chi connectivity index (χ3v) is 4.44. The molecule has 0 spiro atoms. The molecule has 1 aromatic carbocycles. The molecule has 6 nitrogen and oxygen atoms in total. The fourth-order valence-corrected chi connectivity index (χ4v) is 3.13. The number of rotatable bonds is 4. The SMILES string of the molecule is [2H]C([2H])([2H])c1cccc(Cl)c1NC(=O)c1cnc(Nc2cc(Cl)nc(C)n2)s1. The number of benzene rings is 1. The molecule has 0 saturated carbocycles. The van der Waals surface area contributed by atoms with Crippen molar-refractivity contribution in [2.45, 2.75) is 13.8 Å². The van der Waals surface area contributed by atoms with Crippen LogP contribution in [0.5, 0.6) is 0 Å². The number of amides is 1. The zero-order chi connectivity index (χ0) is 20.5. The average molecular weight is 397 g/mol. The minimum atomic E-state index is -2.42. The minimum Gasteiger partial charge on any atom is -0.320 e. The highest BCUT2D eigenvalue weighted by molar-refractivity contribution is 7.17. The van der Waals surface area contributed by atoms with Crippen molar-refractivity contribution in [2.24, 2.45) is 0 Å². The van der Waals surface area contributed by atoms with Crippen molar-refractivity contribution < 1.29 is 8.91 Å². The monoisotopic (exact) mass is 396 g/mol. The predicted octanol–water partition coefficient (Wildman–Crippen LogP) is 4.85. The van der Waals surface area contributed by atoms with Gasteiger partial charge in [-0.2, -0.15) is 0 Å². The van der Waals surface area contributed by atoms with E-state index in [0.717, 1.165) is 11.3 Å². The second-order valence-corrected chi connectivity index (χ2v) is 6.72. The van der Waals surface area contributed by atoms with Crippen LogP contribution >= 0.6 is 34.5 Å². The van der Waals surface area contributed by atoms with Crippen LogP contribution in [0.4, 0.5) is 16.6 Å². The normalized spacial score (nSPS) is 12.8. The molecule has 0 aliphatic heterocycles. The first-order valence-electron chi connectivity index (χ1n) is 8.48. The highest BCUT2D eigenvalue weighted by atomic mass is 35.5. The van der Waals surface area contributed by atoms with Gasteiger partial charge in [0.05, 0.1) is 16.9 Å². The van der Waals surface area contributed by atoms with Crippen LogP contribution in [0, 0.1) is 13.8 Å². The molecule has 2 heterocycles. The number of para-hydroxylation sites is 1. The van der Waals surface area contributed by atoms with Gasteiger partial charge in [0.15, 0.2) is 5.13 Å². The average Bonchev–Trinajstić information content (AvgIpc) is 3.03. The number of carbonyl (C=O) groups is 1. The lowest BCUT2D eigenvalue weighted by molar-refractivity contribution is 0.103. The van der Waals surface area contributed by atoms with E-state index in [9.17, 15) is 4.79 Å². The third kappa shape index (κ3) is 4.25. The Labute approximate surface area is 162 Å². The van der Waals surface area contributed by atoms with Crippen LogP contribution in [0.15, 0.2) is 30.5 Å². The van der Waals surface area contributed by atoms with E-state index in [2.05, 4.69) is 25.6 Å². The lowest BCUT2D eigenvalue weighted by atomic mass is 10.2. The van der Waals surface area contributed by atoms with Gasteiger partial charge in [-0.05, 0) is 25.4 Å². The summed E-state index contributed by atoms with van der Waals surface area (Å²) in [5, 5.41) is 6.33. The molecule has 2 aromatic heterocycles. The van der Waals surface area contributed by atoms with E-state index < -0.39 is 12.8 Å². The molecule has 0 atom stereocenters. The Balaban J connectivity index is 1.80. The predicted molar refractivity (Wildman–Crippen MR) is 101 cm³/mol. The molecule has 2 N–H and O–H groups in total. The number of hydrogen-bond donors (Lipinski definition) is 2. The van der Waals surface area contributed by atoms with Gasteiger partial charge in [0.25, 0.3) is 5.91 Å². The van der Waals surface area contributed by atoms with Crippen molar-refractivity contribution in [3.05, 3.63) is 56.9 Å². The van der Waals surface area contributed by atoms with E-state index in [4.69, 9.17) is 27.3 Å². The van der Waals surface area contributed by atoms with Gasteiger partial charge in [-0.15, -0.1) is 0 Å². The molecule has 0 bridgehead atoms. The summed E-state index contributed by atoms with van der Waals surface area (Å²) in [7, 11) is 0. The lowest BCUT2D eigenvalue weighted by Crippen LogP contribution is -2.11. The van der Waals surface area contributed by atoms with Gasteiger partial charge < -0.3 is 10.6 Å². The maximum Gasteiger partial charge on any atom is 0.267 e. The van der Waals surface area contributed by atoms with Crippen LogP contribution < -0.4 is 10.6 Å². The van der Waals surface area contributed by atoms with Crippen molar-refractivity contribution in [2.75, 3.05) is 10.6 Å². The number of nitrogens with zero attached hydrogens (tertiary/aromatic N) is 3. The molecule has 0 aliphatic rings. The molecule has 3 aromatic rings. The van der Waals surface area contributed by atoms with Gasteiger partial charge in [0.1, 0.15) is 21.7 Å². The first kappa shape index (κ1) is 14.0. The molecule has 128 valence electrons. The number of hydrogen-bond acceptors (Lipinski definition) is 6. The third-order valence-electron chi connectivity index (χ3n) is 3.02. The van der Waals surface area contributed by atoms with Crippen molar-refractivity contribution in [3.63, 3.8) is 0 Å². The fourth-order valence-electron chi connectivity index (χ4n) is 1.97. The van der Waals surface area contributed by atoms with Crippen LogP contribution in [0.1, 0.15) is 25.2 Å². The standard InChI is InChI=1S/C16H13Cl2N5OS/c1-8-4-3-5-10(17)14(8)23-15(24)11-7-19-16(25-11)22-13-6-12(18)20-9(2)21-13/h3-7H,1-2H3,(H,23,24)(H,19,20,21,22)/i1D3. The van der Waals surface area contributed by atoms with Crippen LogP contribution in [0.3, 0.4) is 0 Å². The van der Waals surface area contributed by atoms with Gasteiger partial charge in [-0.3, -0.25) is 4.79 Å². The van der Waals surface area contributed by atoms with E-state index >= 15 is 0 Å². The Kier molecular flexibility index (Phi) is 4.11. The number of carbonyl (C=O) groups excluding carboxylic acids is 1. The molecular formula is C16H13Cl2N5OS. The van der Waals surface area contributed by atoms with E-state index in [1.807, 2.05) is 0 Å². The van der Waals surface area contributed by atoms with Gasteiger partial charge in [0, 0.05) is 10.2 Å². The van der Waals surface area contributed by atoms with Gasteiger partial charge in [-0.1, -0.05) is 46.7 Å². The summed E-state index contributed by atoms with van der Waals surface area (Å²) in [6, 6.07) is 5.95. The number of aryl methyl sites for hydroxylation is 2. The molecule has 0 unspecified atom stereocenters. The zero-order valence-electron chi connectivity index (χ0n) is 15.8. The summed E-state index contributed by atoms with van der Waals surface area (Å²) < 4.78 is 22.8. The molecular weight excluding hydrogens is 381 g/mol. The summed E-state index contributed by atoms with van der Waals surface area (Å²) in [5.41, 5.74) is 0.0117. The summed E-state index contributed by atoms with van der Waals surface area (Å²) in [5.74, 6) is 0.399. The summed E-state index contributed by atoms with van der Waals surface area (Å²) in [4.78, 5) is 25.1. The highest BCUT2D eigenvalue weighted by Gasteiger charge is 2.14. The fraction of sp³-hybridized carbons (Fsp3) is 0.125. The van der Waals surface area contributed by atoms with Gasteiger partial charge in [0.2, 0.25) is 0 Å². The number of halogens is 2. The Morgan fingerprint density at radius 1 is 1.32 bits per heavy atom. The topological polar surface area (TPSA) is 79.8 Å². The summed E-state index contributed by atoms with van der Waals surface area (Å²) in [6.45, 7) is -0.720. The molecule has 0 radical (unpaired) electrons. The quantitative estimate of drug-likeness (QED) is 0.615. The van der Waals surface area contributed by atoms with Crippen molar-refractivity contribution in [1.82, 2.24) is 15.0 Å². The Morgan fingerprint density at radius 3 is 2.92 bits per heavy atom. The summed E-state index contributed by atoms with van der Waals surface area (Å²) in [6.07, 6.45) is 1.36. The number of anilines is 3. The molecule has 0 aliphatic carbocycles. The first-order chi connectivity index (χ1) is 13.1. The van der Waals surface area contributed by atoms with E-state index in [1.54, 1.807) is 6.92 Å². The number of thiazole rings is 1. The Bertz CT molecular complexity index is 1020. The lowest BCUT2D eigenvalue weighted by Gasteiger charge is -2.08. The van der Waals surface area contributed by atoms with E-state index in [0.29, 0.717) is 16.8 Å². The molecule has 25 heavy (non-hydrogen) atoms. The van der Waals surface area contributed by atoms with Gasteiger partial charge in [-0.25, -0.2) is 15.0 Å². The molecule has 3 rings (SSSR count).